The summed E-state index contributed by atoms with van der Waals surface area (Å²) in [5.74, 6) is -0.0275. The molecule has 1 saturated carbocycles. The maximum absolute atomic E-state index is 13.3. The lowest BCUT2D eigenvalue weighted by Gasteiger charge is -2.30. The van der Waals surface area contributed by atoms with Crippen molar-refractivity contribution in [2.75, 3.05) is 11.9 Å². The fourth-order valence-corrected chi connectivity index (χ4v) is 4.20. The van der Waals surface area contributed by atoms with Crippen molar-refractivity contribution in [1.82, 2.24) is 15.1 Å². The highest BCUT2D eigenvalue weighted by molar-refractivity contribution is 6.04. The Bertz CT molecular complexity index is 1050. The number of hydrogen-bond acceptors (Lipinski definition) is 3. The zero-order chi connectivity index (χ0) is 19.8. The van der Waals surface area contributed by atoms with Crippen LogP contribution in [-0.4, -0.2) is 33.5 Å². The third-order valence-corrected chi connectivity index (χ3v) is 5.96. The van der Waals surface area contributed by atoms with E-state index in [1.54, 1.807) is 0 Å². The summed E-state index contributed by atoms with van der Waals surface area (Å²) in [6, 6.07) is 19.4. The number of aromatic nitrogens is 2. The Kier molecular flexibility index (Phi) is 4.19. The standard InChI is InChI=1S/C23H22N4O2/c28-21(24-17-9-5-2-6-10-17)20-18-11-14-27(15-19(18)25-26-20)22(29)23(12-13-23)16-7-3-1-4-8-16/h1-10H,11-15H2,(H,24,28)(H,25,26). The number of carbonyl (C=O) groups is 2. The second kappa shape index (κ2) is 6.88. The van der Waals surface area contributed by atoms with Gasteiger partial charge in [-0.05, 0) is 37.0 Å². The van der Waals surface area contributed by atoms with E-state index in [1.165, 1.54) is 0 Å². The number of nitrogens with zero attached hydrogens (tertiary/aromatic N) is 2. The fraction of sp³-hybridized carbons (Fsp3) is 0.261. The molecule has 1 aliphatic heterocycles. The Morgan fingerprint density at radius 1 is 1.00 bits per heavy atom. The minimum Gasteiger partial charge on any atom is -0.336 e. The molecule has 146 valence electrons. The molecule has 2 amide bonds. The van der Waals surface area contributed by atoms with E-state index in [9.17, 15) is 9.59 Å². The summed E-state index contributed by atoms with van der Waals surface area (Å²) in [6.45, 7) is 1.05. The number of hydrogen-bond donors (Lipinski definition) is 2. The number of H-pyrrole nitrogens is 1. The first kappa shape index (κ1) is 17.7. The Balaban J connectivity index is 1.33. The number of fused-ring (bicyclic) bond motifs is 1. The van der Waals surface area contributed by atoms with Gasteiger partial charge in [-0.1, -0.05) is 48.5 Å². The molecule has 1 fully saturated rings. The number of benzene rings is 2. The predicted molar refractivity (Wildman–Crippen MR) is 109 cm³/mol. The number of aromatic amines is 1. The first-order valence-electron chi connectivity index (χ1n) is 9.95. The van der Waals surface area contributed by atoms with Crippen LogP contribution in [0.15, 0.2) is 60.7 Å². The van der Waals surface area contributed by atoms with E-state index in [0.29, 0.717) is 25.2 Å². The van der Waals surface area contributed by atoms with Crippen molar-refractivity contribution < 1.29 is 9.59 Å². The lowest BCUT2D eigenvalue weighted by atomic mass is 9.93. The van der Waals surface area contributed by atoms with Crippen LogP contribution in [0.3, 0.4) is 0 Å². The molecule has 0 bridgehead atoms. The maximum Gasteiger partial charge on any atom is 0.273 e. The first-order valence-corrected chi connectivity index (χ1v) is 9.95. The number of amides is 2. The predicted octanol–water partition coefficient (Wildman–Crippen LogP) is 3.28. The van der Waals surface area contributed by atoms with Crippen LogP contribution >= 0.6 is 0 Å². The van der Waals surface area contributed by atoms with Gasteiger partial charge < -0.3 is 10.2 Å². The van der Waals surface area contributed by atoms with Crippen LogP contribution in [0.5, 0.6) is 0 Å². The largest absolute Gasteiger partial charge is 0.336 e. The molecule has 0 atom stereocenters. The molecular weight excluding hydrogens is 364 g/mol. The summed E-state index contributed by atoms with van der Waals surface area (Å²) >= 11 is 0. The third-order valence-electron chi connectivity index (χ3n) is 5.96. The van der Waals surface area contributed by atoms with Crippen molar-refractivity contribution in [3.8, 4) is 0 Å². The monoisotopic (exact) mass is 386 g/mol. The van der Waals surface area contributed by atoms with Crippen LogP contribution in [0.25, 0.3) is 0 Å². The van der Waals surface area contributed by atoms with E-state index in [4.69, 9.17) is 0 Å². The number of anilines is 1. The minimum absolute atomic E-state index is 0.174. The van der Waals surface area contributed by atoms with Crippen molar-refractivity contribution in [1.29, 1.82) is 0 Å². The van der Waals surface area contributed by atoms with Gasteiger partial charge in [0.2, 0.25) is 5.91 Å². The second-order valence-electron chi connectivity index (χ2n) is 7.77. The van der Waals surface area contributed by atoms with Gasteiger partial charge in [-0.2, -0.15) is 5.10 Å². The van der Waals surface area contributed by atoms with Gasteiger partial charge in [0.15, 0.2) is 0 Å². The normalized spacial score (nSPS) is 16.8. The highest BCUT2D eigenvalue weighted by Crippen LogP contribution is 2.50. The molecule has 2 heterocycles. The number of para-hydroxylation sites is 1. The van der Waals surface area contributed by atoms with Gasteiger partial charge in [-0.25, -0.2) is 0 Å². The van der Waals surface area contributed by atoms with E-state index in [-0.39, 0.29) is 17.2 Å². The summed E-state index contributed by atoms with van der Waals surface area (Å²) in [7, 11) is 0. The van der Waals surface area contributed by atoms with Crippen molar-refractivity contribution in [2.45, 2.75) is 31.2 Å². The molecular formula is C23H22N4O2. The zero-order valence-corrected chi connectivity index (χ0v) is 16.0. The molecule has 2 aliphatic rings. The summed E-state index contributed by atoms with van der Waals surface area (Å²) in [6.07, 6.45) is 2.41. The highest BCUT2D eigenvalue weighted by atomic mass is 16.2. The van der Waals surface area contributed by atoms with E-state index in [0.717, 1.165) is 35.3 Å². The number of rotatable bonds is 4. The highest BCUT2D eigenvalue weighted by Gasteiger charge is 2.53. The second-order valence-corrected chi connectivity index (χ2v) is 7.77. The SMILES string of the molecule is O=C(Nc1ccccc1)c1[nH]nc2c1CCN(C(=O)C1(c3ccccc3)CC1)C2. The van der Waals surface area contributed by atoms with Crippen molar-refractivity contribution >= 4 is 17.5 Å². The van der Waals surface area contributed by atoms with Crippen LogP contribution in [-0.2, 0) is 23.2 Å². The molecule has 1 aliphatic carbocycles. The molecule has 6 nitrogen and oxygen atoms in total. The number of nitrogens with one attached hydrogen (secondary N) is 2. The molecule has 0 radical (unpaired) electrons. The molecule has 29 heavy (non-hydrogen) atoms. The molecule has 1 aromatic heterocycles. The van der Waals surface area contributed by atoms with Gasteiger partial charge in [-0.15, -0.1) is 0 Å². The van der Waals surface area contributed by atoms with Crippen LogP contribution in [0, 0.1) is 0 Å². The van der Waals surface area contributed by atoms with Crippen molar-refractivity contribution in [3.05, 3.63) is 83.2 Å². The molecule has 3 aromatic rings. The lowest BCUT2D eigenvalue weighted by Crippen LogP contribution is -2.42. The average molecular weight is 386 g/mol. The van der Waals surface area contributed by atoms with Crippen LogP contribution in [0.2, 0.25) is 0 Å². The maximum atomic E-state index is 13.3. The zero-order valence-electron chi connectivity index (χ0n) is 16.0. The van der Waals surface area contributed by atoms with Gasteiger partial charge in [-0.3, -0.25) is 14.7 Å². The van der Waals surface area contributed by atoms with E-state index in [1.807, 2.05) is 65.6 Å². The number of carbonyl (C=O) groups excluding carboxylic acids is 2. The van der Waals surface area contributed by atoms with Gasteiger partial charge >= 0.3 is 0 Å². The van der Waals surface area contributed by atoms with Gasteiger partial charge in [0.05, 0.1) is 17.7 Å². The third kappa shape index (κ3) is 3.10. The topological polar surface area (TPSA) is 78.1 Å². The molecule has 0 spiro atoms. The van der Waals surface area contributed by atoms with E-state index in [2.05, 4.69) is 15.5 Å². The summed E-state index contributed by atoms with van der Waals surface area (Å²) < 4.78 is 0. The van der Waals surface area contributed by atoms with Gasteiger partial charge in [0, 0.05) is 17.8 Å². The quantitative estimate of drug-likeness (QED) is 0.722. The lowest BCUT2D eigenvalue weighted by molar-refractivity contribution is -0.135. The fourth-order valence-electron chi connectivity index (χ4n) is 4.20. The molecule has 2 N–H and O–H groups in total. The Hall–Kier alpha value is -3.41. The minimum atomic E-state index is -0.372. The van der Waals surface area contributed by atoms with Crippen molar-refractivity contribution in [2.24, 2.45) is 0 Å². The van der Waals surface area contributed by atoms with Crippen LogP contribution < -0.4 is 5.32 Å². The molecule has 0 unspecified atom stereocenters. The molecule has 0 saturated heterocycles. The molecule has 5 rings (SSSR count). The summed E-state index contributed by atoms with van der Waals surface area (Å²) in [5, 5.41) is 10.1. The molecule has 2 aromatic carbocycles. The first-order chi connectivity index (χ1) is 14.2. The Morgan fingerprint density at radius 3 is 2.38 bits per heavy atom. The van der Waals surface area contributed by atoms with Crippen LogP contribution in [0.4, 0.5) is 5.69 Å². The Labute approximate surface area is 168 Å². The smallest absolute Gasteiger partial charge is 0.273 e. The Morgan fingerprint density at radius 2 is 1.69 bits per heavy atom. The van der Waals surface area contributed by atoms with Crippen LogP contribution in [0.1, 0.15) is 40.2 Å². The summed E-state index contributed by atoms with van der Waals surface area (Å²) in [4.78, 5) is 27.8. The van der Waals surface area contributed by atoms with Gasteiger partial charge in [0.1, 0.15) is 5.69 Å². The molecule has 6 heteroatoms. The summed E-state index contributed by atoms with van der Waals surface area (Å²) in [5.41, 5.74) is 3.65. The van der Waals surface area contributed by atoms with E-state index < -0.39 is 0 Å². The van der Waals surface area contributed by atoms with Crippen molar-refractivity contribution in [3.63, 3.8) is 0 Å². The van der Waals surface area contributed by atoms with Gasteiger partial charge in [0.25, 0.3) is 5.91 Å². The average Bonchev–Trinajstić information content (AvgIpc) is 3.47. The van der Waals surface area contributed by atoms with E-state index >= 15 is 0 Å².